The van der Waals surface area contributed by atoms with Gasteiger partial charge in [-0.25, -0.2) is 0 Å². The van der Waals surface area contributed by atoms with Crippen molar-refractivity contribution in [1.82, 2.24) is 0 Å². The van der Waals surface area contributed by atoms with Crippen molar-refractivity contribution in [2.75, 3.05) is 0 Å². The Morgan fingerprint density at radius 3 is 2.00 bits per heavy atom. The van der Waals surface area contributed by atoms with Crippen molar-refractivity contribution in [2.45, 2.75) is 25.1 Å². The summed E-state index contributed by atoms with van der Waals surface area (Å²) < 4.78 is 0. The van der Waals surface area contributed by atoms with Gasteiger partial charge in [-0.05, 0) is 11.1 Å². The number of hydrogen-bond acceptors (Lipinski definition) is 1. The van der Waals surface area contributed by atoms with Crippen molar-refractivity contribution >= 4 is 19.5 Å². The van der Waals surface area contributed by atoms with Crippen LogP contribution in [0.15, 0.2) is 60.7 Å². The lowest BCUT2D eigenvalue weighted by Crippen LogP contribution is -2.47. The van der Waals surface area contributed by atoms with Crippen LogP contribution < -0.4 is 5.19 Å². The van der Waals surface area contributed by atoms with E-state index in [0.717, 1.165) is 6.29 Å². The van der Waals surface area contributed by atoms with Gasteiger partial charge in [0.2, 0.25) is 0 Å². The standard InChI is InChI=1S/C17H20OSi/c1-19(2,16-11-7-4-8-12-16)17(13-14-18)15-9-5-3-6-10-15/h3-12,14,17H,13H2,1-2H3/t17-/m0/s1. The van der Waals surface area contributed by atoms with E-state index in [2.05, 4.69) is 61.6 Å². The second kappa shape index (κ2) is 5.98. The molecule has 0 unspecified atom stereocenters. The van der Waals surface area contributed by atoms with Gasteiger partial charge >= 0.3 is 0 Å². The fourth-order valence-electron chi connectivity index (χ4n) is 2.70. The van der Waals surface area contributed by atoms with Crippen molar-refractivity contribution in [1.29, 1.82) is 0 Å². The molecule has 0 heterocycles. The van der Waals surface area contributed by atoms with Gasteiger partial charge in [-0.2, -0.15) is 0 Å². The fourth-order valence-corrected chi connectivity index (χ4v) is 5.86. The first-order valence-electron chi connectivity index (χ1n) is 6.70. The van der Waals surface area contributed by atoms with E-state index in [1.165, 1.54) is 10.8 Å². The normalized spacial score (nSPS) is 12.9. The second-order valence-corrected chi connectivity index (χ2v) is 10.2. The molecule has 0 saturated heterocycles. The molecule has 98 valence electrons. The molecule has 0 aromatic heterocycles. The Hall–Kier alpha value is -1.67. The molecule has 0 radical (unpaired) electrons. The van der Waals surface area contributed by atoms with Crippen molar-refractivity contribution in [3.63, 3.8) is 0 Å². The quantitative estimate of drug-likeness (QED) is 0.599. The number of carbonyl (C=O) groups excluding carboxylic acids is 1. The average Bonchev–Trinajstić information content (AvgIpc) is 2.46. The molecule has 2 aromatic carbocycles. The smallest absolute Gasteiger partial charge is 0.120 e. The summed E-state index contributed by atoms with van der Waals surface area (Å²) in [7, 11) is -1.70. The molecule has 0 aliphatic carbocycles. The second-order valence-electron chi connectivity index (χ2n) is 5.45. The summed E-state index contributed by atoms with van der Waals surface area (Å²) in [6, 6.07) is 21.1. The topological polar surface area (TPSA) is 17.1 Å². The molecule has 0 saturated carbocycles. The molecule has 0 spiro atoms. The lowest BCUT2D eigenvalue weighted by molar-refractivity contribution is -0.107. The maximum Gasteiger partial charge on any atom is 0.120 e. The third kappa shape index (κ3) is 3.02. The first-order valence-corrected chi connectivity index (χ1v) is 9.78. The minimum absolute atomic E-state index is 0.341. The minimum Gasteiger partial charge on any atom is -0.303 e. The summed E-state index contributed by atoms with van der Waals surface area (Å²) in [4.78, 5) is 11.1. The maximum absolute atomic E-state index is 11.1. The van der Waals surface area contributed by atoms with Crippen LogP contribution >= 0.6 is 0 Å². The highest BCUT2D eigenvalue weighted by molar-refractivity contribution is 6.91. The van der Waals surface area contributed by atoms with E-state index in [0.29, 0.717) is 12.0 Å². The molecule has 1 atom stereocenters. The molecular weight excluding hydrogens is 248 g/mol. The third-order valence-corrected chi connectivity index (χ3v) is 8.06. The highest BCUT2D eigenvalue weighted by Crippen LogP contribution is 2.29. The van der Waals surface area contributed by atoms with Crippen LogP contribution in [0, 0.1) is 0 Å². The van der Waals surface area contributed by atoms with Crippen LogP contribution in [0.2, 0.25) is 13.1 Å². The SMILES string of the molecule is C[Si](C)(c1ccccc1)[C@@H](CC=O)c1ccccc1. The molecular formula is C17H20OSi. The lowest BCUT2D eigenvalue weighted by Gasteiger charge is -2.32. The van der Waals surface area contributed by atoms with Crippen molar-refractivity contribution in [3.05, 3.63) is 66.2 Å². The number of hydrogen-bond donors (Lipinski definition) is 0. The van der Waals surface area contributed by atoms with Crippen LogP contribution in [-0.2, 0) is 4.79 Å². The number of aldehydes is 1. The molecule has 2 heteroatoms. The van der Waals surface area contributed by atoms with Crippen LogP contribution in [0.5, 0.6) is 0 Å². The Labute approximate surface area is 116 Å². The number of benzene rings is 2. The van der Waals surface area contributed by atoms with Gasteiger partial charge in [-0.3, -0.25) is 0 Å². The van der Waals surface area contributed by atoms with Crippen molar-refractivity contribution in [3.8, 4) is 0 Å². The van der Waals surface area contributed by atoms with E-state index in [1.807, 2.05) is 12.1 Å². The largest absolute Gasteiger partial charge is 0.303 e. The monoisotopic (exact) mass is 268 g/mol. The molecule has 0 amide bonds. The van der Waals surface area contributed by atoms with Crippen molar-refractivity contribution < 1.29 is 4.79 Å². The average molecular weight is 268 g/mol. The first kappa shape index (κ1) is 13.8. The van der Waals surface area contributed by atoms with E-state index < -0.39 is 8.07 Å². The molecule has 0 N–H and O–H groups in total. The van der Waals surface area contributed by atoms with E-state index in [1.54, 1.807) is 0 Å². The van der Waals surface area contributed by atoms with Gasteiger partial charge in [-0.15, -0.1) is 0 Å². The van der Waals surface area contributed by atoms with Crippen LogP contribution in [0.1, 0.15) is 17.5 Å². The zero-order valence-electron chi connectivity index (χ0n) is 11.5. The molecule has 0 aliphatic heterocycles. The lowest BCUT2D eigenvalue weighted by atomic mass is 10.1. The van der Waals surface area contributed by atoms with E-state index >= 15 is 0 Å². The predicted octanol–water partition coefficient (Wildman–Crippen LogP) is 3.51. The maximum atomic E-state index is 11.1. The molecule has 2 rings (SSSR count). The predicted molar refractivity (Wildman–Crippen MR) is 83.4 cm³/mol. The Morgan fingerprint density at radius 1 is 0.947 bits per heavy atom. The molecule has 19 heavy (non-hydrogen) atoms. The van der Waals surface area contributed by atoms with Gasteiger partial charge in [0.05, 0.1) is 8.07 Å². The van der Waals surface area contributed by atoms with Gasteiger partial charge < -0.3 is 4.79 Å². The Kier molecular flexibility index (Phi) is 4.33. The Morgan fingerprint density at radius 2 is 1.47 bits per heavy atom. The summed E-state index contributed by atoms with van der Waals surface area (Å²) in [5, 5.41) is 1.41. The first-order chi connectivity index (χ1) is 9.16. The highest BCUT2D eigenvalue weighted by atomic mass is 28.3. The van der Waals surface area contributed by atoms with E-state index in [4.69, 9.17) is 0 Å². The summed E-state index contributed by atoms with van der Waals surface area (Å²) >= 11 is 0. The van der Waals surface area contributed by atoms with Crippen molar-refractivity contribution in [2.24, 2.45) is 0 Å². The van der Waals surface area contributed by atoms with Gasteiger partial charge in [-0.1, -0.05) is 78.9 Å². The zero-order valence-corrected chi connectivity index (χ0v) is 12.5. The zero-order chi connectivity index (χ0) is 13.7. The number of carbonyl (C=O) groups is 1. The summed E-state index contributed by atoms with van der Waals surface area (Å²) in [5.41, 5.74) is 1.63. The summed E-state index contributed by atoms with van der Waals surface area (Å²) in [6.07, 6.45) is 1.67. The molecule has 1 nitrogen and oxygen atoms in total. The summed E-state index contributed by atoms with van der Waals surface area (Å²) in [6.45, 7) is 4.70. The molecule has 0 aliphatic rings. The van der Waals surface area contributed by atoms with E-state index in [-0.39, 0.29) is 0 Å². The molecule has 0 bridgehead atoms. The van der Waals surface area contributed by atoms with Gasteiger partial charge in [0.1, 0.15) is 6.29 Å². The van der Waals surface area contributed by atoms with Crippen LogP contribution in [0.25, 0.3) is 0 Å². The minimum atomic E-state index is -1.70. The molecule has 0 fully saturated rings. The Balaban J connectivity index is 2.41. The van der Waals surface area contributed by atoms with Gasteiger partial charge in [0.25, 0.3) is 0 Å². The van der Waals surface area contributed by atoms with Crippen LogP contribution in [-0.4, -0.2) is 14.4 Å². The number of rotatable bonds is 5. The highest BCUT2D eigenvalue weighted by Gasteiger charge is 2.34. The molecule has 2 aromatic rings. The van der Waals surface area contributed by atoms with Gasteiger partial charge in [0.15, 0.2) is 0 Å². The van der Waals surface area contributed by atoms with E-state index in [9.17, 15) is 4.79 Å². The van der Waals surface area contributed by atoms with Crippen LogP contribution in [0.4, 0.5) is 0 Å². The van der Waals surface area contributed by atoms with Gasteiger partial charge in [0, 0.05) is 6.42 Å². The Bertz CT molecular complexity index is 519. The summed E-state index contributed by atoms with van der Waals surface area (Å²) in [5.74, 6) is 0. The third-order valence-electron chi connectivity index (χ3n) is 3.92. The fraction of sp³-hybridized carbons (Fsp3) is 0.235. The van der Waals surface area contributed by atoms with Crippen LogP contribution in [0.3, 0.4) is 0 Å².